The number of benzene rings is 1. The van der Waals surface area contributed by atoms with E-state index in [1.807, 2.05) is 33.8 Å². The maximum atomic E-state index is 12.0. The van der Waals surface area contributed by atoms with Gasteiger partial charge in [0.05, 0.1) is 0 Å². The van der Waals surface area contributed by atoms with Crippen molar-refractivity contribution in [1.29, 1.82) is 0 Å². The van der Waals surface area contributed by atoms with Crippen molar-refractivity contribution in [3.05, 3.63) is 28.8 Å². The van der Waals surface area contributed by atoms with E-state index < -0.39 is 23.5 Å². The molecular formula is C18H25NO5. The first-order valence-electron chi connectivity index (χ1n) is 7.76. The number of hydrogen-bond donors (Lipinski definition) is 2. The van der Waals surface area contributed by atoms with Gasteiger partial charge in [0.1, 0.15) is 17.6 Å². The van der Waals surface area contributed by atoms with Crippen molar-refractivity contribution in [3.63, 3.8) is 0 Å². The molecule has 1 aromatic carbocycles. The SMILES string of the molecule is CC(=O)CC(C)(C)c1c(C)cc(C)cc1OC(=O)NC(C)C(=O)O. The zero-order valence-electron chi connectivity index (χ0n) is 15.0. The van der Waals surface area contributed by atoms with Crippen LogP contribution in [0.3, 0.4) is 0 Å². The van der Waals surface area contributed by atoms with E-state index >= 15 is 0 Å². The summed E-state index contributed by atoms with van der Waals surface area (Å²) in [6.07, 6.45) is -0.532. The molecule has 0 aliphatic rings. The Morgan fingerprint density at radius 3 is 2.33 bits per heavy atom. The van der Waals surface area contributed by atoms with Gasteiger partial charge in [-0.05, 0) is 44.9 Å². The van der Waals surface area contributed by atoms with Crippen molar-refractivity contribution >= 4 is 17.8 Å². The first-order valence-corrected chi connectivity index (χ1v) is 7.76. The summed E-state index contributed by atoms with van der Waals surface area (Å²) in [5, 5.41) is 11.1. The molecule has 132 valence electrons. The molecule has 0 radical (unpaired) electrons. The summed E-state index contributed by atoms with van der Waals surface area (Å²) in [6.45, 7) is 10.5. The minimum Gasteiger partial charge on any atom is -0.480 e. The predicted octanol–water partition coefficient (Wildman–Crippen LogP) is 3.12. The van der Waals surface area contributed by atoms with Gasteiger partial charge < -0.3 is 15.2 Å². The second kappa shape index (κ2) is 7.47. The standard InChI is InChI=1S/C18H25NO5/c1-10-7-11(2)15(18(5,6)9-12(3)20)14(8-10)24-17(23)19-13(4)16(21)22/h7-8,13H,9H2,1-6H3,(H,19,23)(H,21,22). The van der Waals surface area contributed by atoms with Gasteiger partial charge >= 0.3 is 12.1 Å². The van der Waals surface area contributed by atoms with Crippen LogP contribution in [-0.2, 0) is 15.0 Å². The van der Waals surface area contributed by atoms with Gasteiger partial charge in [-0.15, -0.1) is 0 Å². The summed E-state index contributed by atoms with van der Waals surface area (Å²) in [5.74, 6) is -0.770. The lowest BCUT2D eigenvalue weighted by molar-refractivity contribution is -0.138. The highest BCUT2D eigenvalue weighted by atomic mass is 16.6. The number of aryl methyl sites for hydroxylation is 2. The van der Waals surface area contributed by atoms with Crippen LogP contribution in [0.4, 0.5) is 4.79 Å². The molecule has 0 aromatic heterocycles. The van der Waals surface area contributed by atoms with Crippen LogP contribution in [0.1, 0.15) is 50.8 Å². The minimum atomic E-state index is -1.15. The van der Waals surface area contributed by atoms with E-state index in [9.17, 15) is 14.4 Å². The number of ether oxygens (including phenoxy) is 1. The molecule has 0 saturated heterocycles. The van der Waals surface area contributed by atoms with Gasteiger partial charge in [0, 0.05) is 17.4 Å². The molecule has 1 rings (SSSR count). The third kappa shape index (κ3) is 5.08. The van der Waals surface area contributed by atoms with E-state index in [1.54, 1.807) is 6.07 Å². The second-order valence-electron chi connectivity index (χ2n) is 6.81. The van der Waals surface area contributed by atoms with Gasteiger partial charge in [-0.3, -0.25) is 9.59 Å². The number of rotatable bonds is 6. The molecule has 0 spiro atoms. The zero-order valence-corrected chi connectivity index (χ0v) is 15.0. The molecule has 0 bridgehead atoms. The first-order chi connectivity index (χ1) is 10.9. The Hall–Kier alpha value is -2.37. The number of nitrogens with one attached hydrogen (secondary N) is 1. The fraction of sp³-hybridized carbons (Fsp3) is 0.500. The fourth-order valence-electron chi connectivity index (χ4n) is 2.95. The number of carbonyl (C=O) groups is 3. The van der Waals surface area contributed by atoms with Crippen molar-refractivity contribution < 1.29 is 24.2 Å². The molecule has 1 unspecified atom stereocenters. The molecule has 0 aliphatic carbocycles. The first kappa shape index (κ1) is 19.7. The highest BCUT2D eigenvalue weighted by molar-refractivity contribution is 5.81. The summed E-state index contributed by atoms with van der Waals surface area (Å²) in [7, 11) is 0. The van der Waals surface area contributed by atoms with E-state index in [2.05, 4.69) is 5.32 Å². The number of hydrogen-bond acceptors (Lipinski definition) is 4. The molecule has 24 heavy (non-hydrogen) atoms. The third-order valence-electron chi connectivity index (χ3n) is 3.72. The average molecular weight is 335 g/mol. The smallest absolute Gasteiger partial charge is 0.413 e. The highest BCUT2D eigenvalue weighted by Crippen LogP contribution is 2.38. The summed E-state index contributed by atoms with van der Waals surface area (Å²) >= 11 is 0. The fourth-order valence-corrected chi connectivity index (χ4v) is 2.95. The van der Waals surface area contributed by atoms with Crippen LogP contribution in [0.15, 0.2) is 12.1 Å². The van der Waals surface area contributed by atoms with Crippen molar-refractivity contribution in [2.75, 3.05) is 0 Å². The average Bonchev–Trinajstić information content (AvgIpc) is 2.34. The van der Waals surface area contributed by atoms with E-state index in [4.69, 9.17) is 9.84 Å². The molecule has 1 atom stereocenters. The number of amides is 1. The summed E-state index contributed by atoms with van der Waals surface area (Å²) in [5.41, 5.74) is 2.07. The molecule has 0 aliphatic heterocycles. The number of carboxylic acid groups (broad SMARTS) is 1. The van der Waals surface area contributed by atoms with Crippen molar-refractivity contribution in [1.82, 2.24) is 5.32 Å². The van der Waals surface area contributed by atoms with Crippen molar-refractivity contribution in [3.8, 4) is 5.75 Å². The van der Waals surface area contributed by atoms with Gasteiger partial charge in [-0.25, -0.2) is 4.79 Å². The van der Waals surface area contributed by atoms with Gasteiger partial charge in [-0.2, -0.15) is 0 Å². The van der Waals surface area contributed by atoms with Gasteiger partial charge in [0.25, 0.3) is 0 Å². The Labute approximate surface area is 142 Å². The van der Waals surface area contributed by atoms with Crippen LogP contribution in [0, 0.1) is 13.8 Å². The van der Waals surface area contributed by atoms with E-state index in [0.717, 1.165) is 16.7 Å². The van der Waals surface area contributed by atoms with Crippen LogP contribution >= 0.6 is 0 Å². The van der Waals surface area contributed by atoms with E-state index in [1.165, 1.54) is 13.8 Å². The second-order valence-corrected chi connectivity index (χ2v) is 6.81. The minimum absolute atomic E-state index is 0.0369. The Morgan fingerprint density at radius 1 is 1.25 bits per heavy atom. The molecule has 6 heteroatoms. The van der Waals surface area contributed by atoms with E-state index in [0.29, 0.717) is 12.2 Å². The number of carboxylic acids is 1. The summed E-state index contributed by atoms with van der Waals surface area (Å²) in [4.78, 5) is 34.4. The Bertz CT molecular complexity index is 664. The molecule has 6 nitrogen and oxygen atoms in total. The monoisotopic (exact) mass is 335 g/mol. The van der Waals surface area contributed by atoms with Crippen LogP contribution in [-0.4, -0.2) is 29.0 Å². The van der Waals surface area contributed by atoms with Gasteiger partial charge in [-0.1, -0.05) is 19.9 Å². The lowest BCUT2D eigenvalue weighted by atomic mass is 9.77. The number of Topliss-reactive ketones (excluding diaryl/α,β-unsaturated/α-hetero) is 1. The lowest BCUT2D eigenvalue weighted by Gasteiger charge is -2.28. The van der Waals surface area contributed by atoms with Crippen molar-refractivity contribution in [2.24, 2.45) is 0 Å². The van der Waals surface area contributed by atoms with Crippen LogP contribution < -0.4 is 10.1 Å². The molecule has 0 fully saturated rings. The maximum Gasteiger partial charge on any atom is 0.413 e. The topological polar surface area (TPSA) is 92.7 Å². The highest BCUT2D eigenvalue weighted by Gasteiger charge is 2.29. The largest absolute Gasteiger partial charge is 0.480 e. The Kier molecular flexibility index (Phi) is 6.12. The zero-order chi connectivity index (χ0) is 18.7. The molecule has 1 aromatic rings. The third-order valence-corrected chi connectivity index (χ3v) is 3.72. The number of aliphatic carboxylic acids is 1. The number of ketones is 1. The Balaban J connectivity index is 3.20. The van der Waals surface area contributed by atoms with E-state index in [-0.39, 0.29) is 5.78 Å². The lowest BCUT2D eigenvalue weighted by Crippen LogP contribution is -2.40. The molecule has 2 N–H and O–H groups in total. The normalized spacial score (nSPS) is 12.4. The quantitative estimate of drug-likeness (QED) is 0.833. The molecular weight excluding hydrogens is 310 g/mol. The maximum absolute atomic E-state index is 12.0. The van der Waals surface area contributed by atoms with Gasteiger partial charge in [0.2, 0.25) is 0 Å². The molecule has 0 heterocycles. The number of carbonyl (C=O) groups excluding carboxylic acids is 2. The molecule has 1 amide bonds. The predicted molar refractivity (Wildman–Crippen MR) is 90.5 cm³/mol. The van der Waals surface area contributed by atoms with Crippen molar-refractivity contribution in [2.45, 2.75) is 59.4 Å². The summed E-state index contributed by atoms with van der Waals surface area (Å²) in [6, 6.07) is 2.62. The molecule has 0 saturated carbocycles. The van der Waals surface area contributed by atoms with Crippen LogP contribution in [0.5, 0.6) is 5.75 Å². The van der Waals surface area contributed by atoms with Gasteiger partial charge in [0.15, 0.2) is 0 Å². The van der Waals surface area contributed by atoms with Crippen LogP contribution in [0.25, 0.3) is 0 Å². The van der Waals surface area contributed by atoms with Crippen LogP contribution in [0.2, 0.25) is 0 Å². The Morgan fingerprint density at radius 2 is 1.83 bits per heavy atom. The summed E-state index contributed by atoms with van der Waals surface area (Å²) < 4.78 is 5.37.